The maximum Gasteiger partial charge on any atom is 0.161 e. The van der Waals surface area contributed by atoms with Gasteiger partial charge >= 0.3 is 0 Å². The highest BCUT2D eigenvalue weighted by Crippen LogP contribution is 2.38. The molecule has 6 nitrogen and oxygen atoms in total. The molecule has 1 saturated heterocycles. The molecule has 0 unspecified atom stereocenters. The molecule has 0 saturated carbocycles. The Bertz CT molecular complexity index is 908. The van der Waals surface area contributed by atoms with E-state index in [0.717, 1.165) is 30.3 Å². The Balaban J connectivity index is 1.33. The van der Waals surface area contributed by atoms with Gasteiger partial charge in [-0.3, -0.25) is 4.90 Å². The molecule has 1 aromatic heterocycles. The zero-order valence-corrected chi connectivity index (χ0v) is 15.1. The first-order valence-corrected chi connectivity index (χ1v) is 9.44. The molecule has 1 atom stereocenters. The Morgan fingerprint density at radius 1 is 1.00 bits per heavy atom. The third kappa shape index (κ3) is 3.28. The first-order valence-electron chi connectivity index (χ1n) is 9.44. The van der Waals surface area contributed by atoms with Gasteiger partial charge in [0.25, 0.3) is 0 Å². The van der Waals surface area contributed by atoms with Crippen LogP contribution in [0.2, 0.25) is 0 Å². The van der Waals surface area contributed by atoms with Gasteiger partial charge in [0.2, 0.25) is 0 Å². The van der Waals surface area contributed by atoms with Crippen LogP contribution in [0, 0.1) is 0 Å². The minimum Gasteiger partial charge on any atom is -0.486 e. The second kappa shape index (κ2) is 7.04. The van der Waals surface area contributed by atoms with Gasteiger partial charge in [-0.15, -0.1) is 0 Å². The van der Waals surface area contributed by atoms with Crippen molar-refractivity contribution in [1.29, 1.82) is 0 Å². The van der Waals surface area contributed by atoms with Crippen LogP contribution in [-0.4, -0.2) is 39.4 Å². The molecular formula is C21H22N4O2. The van der Waals surface area contributed by atoms with Gasteiger partial charge in [-0.05, 0) is 54.8 Å². The molecule has 0 bridgehead atoms. The van der Waals surface area contributed by atoms with Crippen LogP contribution in [-0.2, 0) is 6.54 Å². The Hall–Kier alpha value is -2.86. The molecule has 0 spiro atoms. The SMILES string of the molecule is c1ncn(-c2ccc(CN3CCC[C@H]3c3ccc4c(c3)OCCO4)cc2)n1. The first kappa shape index (κ1) is 16.3. The number of ether oxygens (including phenoxy) is 2. The lowest BCUT2D eigenvalue weighted by atomic mass is 10.0. The standard InChI is InChI=1S/C21H22N4O2/c1-2-19(17-5-8-20-21(12-17)27-11-10-26-20)24(9-1)13-16-3-6-18(7-4-16)25-15-22-14-23-25/h3-8,12,14-15,19H,1-2,9-11,13H2/t19-/m0/s1. The fourth-order valence-electron chi connectivity index (χ4n) is 3.99. The van der Waals surface area contributed by atoms with E-state index in [9.17, 15) is 0 Å². The molecule has 2 aliphatic rings. The second-order valence-electron chi connectivity index (χ2n) is 7.04. The van der Waals surface area contributed by atoms with Gasteiger partial charge in [0.1, 0.15) is 25.9 Å². The first-order chi connectivity index (χ1) is 13.4. The van der Waals surface area contributed by atoms with Crippen LogP contribution in [0.5, 0.6) is 11.5 Å². The number of rotatable bonds is 4. The van der Waals surface area contributed by atoms with Crippen molar-refractivity contribution < 1.29 is 9.47 Å². The highest BCUT2D eigenvalue weighted by molar-refractivity contribution is 5.45. The number of fused-ring (bicyclic) bond motifs is 1. The lowest BCUT2D eigenvalue weighted by molar-refractivity contribution is 0.170. The molecule has 3 heterocycles. The van der Waals surface area contributed by atoms with Crippen LogP contribution in [0.15, 0.2) is 55.1 Å². The number of aromatic nitrogens is 3. The Labute approximate surface area is 158 Å². The van der Waals surface area contributed by atoms with Crippen molar-refractivity contribution in [2.45, 2.75) is 25.4 Å². The minimum atomic E-state index is 0.427. The second-order valence-corrected chi connectivity index (χ2v) is 7.04. The summed E-state index contributed by atoms with van der Waals surface area (Å²) >= 11 is 0. The van der Waals surface area contributed by atoms with Crippen molar-refractivity contribution >= 4 is 0 Å². The quantitative estimate of drug-likeness (QED) is 0.712. The summed E-state index contributed by atoms with van der Waals surface area (Å²) in [6, 6.07) is 15.4. The van der Waals surface area contributed by atoms with Crippen LogP contribution in [0.3, 0.4) is 0 Å². The average molecular weight is 362 g/mol. The minimum absolute atomic E-state index is 0.427. The highest BCUT2D eigenvalue weighted by Gasteiger charge is 2.27. The molecule has 138 valence electrons. The fraction of sp³-hybridized carbons (Fsp3) is 0.333. The zero-order valence-electron chi connectivity index (χ0n) is 15.1. The summed E-state index contributed by atoms with van der Waals surface area (Å²) in [6.07, 6.45) is 5.66. The molecular weight excluding hydrogens is 340 g/mol. The molecule has 5 rings (SSSR count). The topological polar surface area (TPSA) is 52.4 Å². The normalized spacial score (nSPS) is 19.3. The van der Waals surface area contributed by atoms with Crippen LogP contribution < -0.4 is 9.47 Å². The monoisotopic (exact) mass is 362 g/mol. The summed E-state index contributed by atoms with van der Waals surface area (Å²) in [4.78, 5) is 6.55. The van der Waals surface area contributed by atoms with Gasteiger partial charge in [-0.2, -0.15) is 5.10 Å². The van der Waals surface area contributed by atoms with Gasteiger partial charge in [-0.1, -0.05) is 18.2 Å². The van der Waals surface area contributed by atoms with Gasteiger partial charge in [0, 0.05) is 12.6 Å². The van der Waals surface area contributed by atoms with E-state index in [1.807, 2.05) is 6.07 Å². The van der Waals surface area contributed by atoms with Crippen molar-refractivity contribution in [2.24, 2.45) is 0 Å². The van der Waals surface area contributed by atoms with Crippen molar-refractivity contribution in [3.05, 3.63) is 66.2 Å². The smallest absolute Gasteiger partial charge is 0.161 e. The highest BCUT2D eigenvalue weighted by atomic mass is 16.6. The molecule has 27 heavy (non-hydrogen) atoms. The van der Waals surface area contributed by atoms with Gasteiger partial charge < -0.3 is 9.47 Å². The Morgan fingerprint density at radius 2 is 1.85 bits per heavy atom. The van der Waals surface area contributed by atoms with Crippen molar-refractivity contribution in [1.82, 2.24) is 19.7 Å². The molecule has 3 aromatic rings. The van der Waals surface area contributed by atoms with Crippen molar-refractivity contribution in [2.75, 3.05) is 19.8 Å². The van der Waals surface area contributed by atoms with Crippen molar-refractivity contribution in [3.63, 3.8) is 0 Å². The van der Waals surface area contributed by atoms with E-state index >= 15 is 0 Å². The predicted octanol–water partition coefficient (Wildman–Crippen LogP) is 3.38. The van der Waals surface area contributed by atoms with Crippen LogP contribution in [0.1, 0.15) is 30.0 Å². The molecule has 0 amide bonds. The lowest BCUT2D eigenvalue weighted by Gasteiger charge is -2.26. The van der Waals surface area contributed by atoms with Crippen LogP contribution >= 0.6 is 0 Å². The molecule has 0 aliphatic carbocycles. The number of nitrogens with zero attached hydrogens (tertiary/aromatic N) is 4. The number of likely N-dealkylation sites (tertiary alicyclic amines) is 1. The molecule has 2 aliphatic heterocycles. The summed E-state index contributed by atoms with van der Waals surface area (Å²) < 4.78 is 13.2. The van der Waals surface area contributed by atoms with Gasteiger partial charge in [0.15, 0.2) is 11.5 Å². The molecule has 6 heteroatoms. The predicted molar refractivity (Wildman–Crippen MR) is 101 cm³/mol. The van der Waals surface area contributed by atoms with E-state index < -0.39 is 0 Å². The Morgan fingerprint density at radius 3 is 2.67 bits per heavy atom. The molecule has 2 aromatic carbocycles. The van der Waals surface area contributed by atoms with E-state index in [2.05, 4.69) is 51.4 Å². The van der Waals surface area contributed by atoms with E-state index in [-0.39, 0.29) is 0 Å². The molecule has 0 radical (unpaired) electrons. The van der Waals surface area contributed by atoms with Crippen LogP contribution in [0.4, 0.5) is 0 Å². The molecule has 1 fully saturated rings. The maximum absolute atomic E-state index is 5.77. The summed E-state index contributed by atoms with van der Waals surface area (Å²) in [5.41, 5.74) is 3.65. The summed E-state index contributed by atoms with van der Waals surface area (Å²) in [5, 5.41) is 4.18. The van der Waals surface area contributed by atoms with Crippen molar-refractivity contribution in [3.8, 4) is 17.2 Å². The number of benzene rings is 2. The summed E-state index contributed by atoms with van der Waals surface area (Å²) in [6.45, 7) is 3.32. The Kier molecular flexibility index (Phi) is 4.26. The lowest BCUT2D eigenvalue weighted by Crippen LogP contribution is -2.23. The zero-order chi connectivity index (χ0) is 18.1. The maximum atomic E-state index is 5.77. The summed E-state index contributed by atoms with van der Waals surface area (Å²) in [7, 11) is 0. The summed E-state index contributed by atoms with van der Waals surface area (Å²) in [5.74, 6) is 1.74. The van der Waals surface area contributed by atoms with E-state index in [1.54, 1.807) is 17.3 Å². The third-order valence-electron chi connectivity index (χ3n) is 5.32. The number of hydrogen-bond donors (Lipinski definition) is 0. The average Bonchev–Trinajstić information content (AvgIpc) is 3.40. The molecule has 0 N–H and O–H groups in total. The van der Waals surface area contributed by atoms with Crippen LogP contribution in [0.25, 0.3) is 5.69 Å². The van der Waals surface area contributed by atoms with Gasteiger partial charge in [0.05, 0.1) is 5.69 Å². The van der Waals surface area contributed by atoms with Gasteiger partial charge in [-0.25, -0.2) is 9.67 Å². The fourth-order valence-corrected chi connectivity index (χ4v) is 3.99. The van der Waals surface area contributed by atoms with E-state index in [1.165, 1.54) is 24.0 Å². The third-order valence-corrected chi connectivity index (χ3v) is 5.32. The largest absolute Gasteiger partial charge is 0.486 e. The van der Waals surface area contributed by atoms with E-state index in [4.69, 9.17) is 9.47 Å². The number of hydrogen-bond acceptors (Lipinski definition) is 5. The van der Waals surface area contributed by atoms with E-state index in [0.29, 0.717) is 19.3 Å².